The number of benzene rings is 1. The molecule has 3 aliphatic heterocycles. The number of nitrogens with one attached hydrogen (secondary N) is 1. The Morgan fingerprint density at radius 2 is 1.92 bits per heavy atom. The average molecular weight is 520 g/mol. The van der Waals surface area contributed by atoms with Gasteiger partial charge in [-0.25, -0.2) is 4.79 Å². The molecule has 11 heteroatoms. The summed E-state index contributed by atoms with van der Waals surface area (Å²) in [5.41, 5.74) is 0.587. The SMILES string of the molecule is CC(C)(C)OC(=O)N1C[C@H](OCC2COC(C)(C)O2)C[C@@H]1C(=O)Nc1ccc(N2CCOCC2=O)cc1. The van der Waals surface area contributed by atoms with Crippen molar-refractivity contribution < 1.29 is 38.1 Å². The summed E-state index contributed by atoms with van der Waals surface area (Å²) in [4.78, 5) is 41.4. The van der Waals surface area contributed by atoms with Crippen molar-refractivity contribution in [3.8, 4) is 0 Å². The van der Waals surface area contributed by atoms with E-state index in [4.69, 9.17) is 23.7 Å². The minimum Gasteiger partial charge on any atom is -0.444 e. The lowest BCUT2D eigenvalue weighted by atomic mass is 10.1. The van der Waals surface area contributed by atoms with Crippen LogP contribution in [0, 0.1) is 0 Å². The normalized spacial score (nSPS) is 25.9. The van der Waals surface area contributed by atoms with Crippen molar-refractivity contribution >= 4 is 29.3 Å². The van der Waals surface area contributed by atoms with Gasteiger partial charge in [0.1, 0.15) is 24.4 Å². The van der Waals surface area contributed by atoms with Gasteiger partial charge in [-0.15, -0.1) is 0 Å². The highest BCUT2D eigenvalue weighted by atomic mass is 16.7. The number of nitrogens with zero attached hydrogens (tertiary/aromatic N) is 2. The van der Waals surface area contributed by atoms with Crippen LogP contribution in [-0.2, 0) is 33.3 Å². The number of anilines is 2. The monoisotopic (exact) mass is 519 g/mol. The van der Waals surface area contributed by atoms with Crippen LogP contribution in [0.3, 0.4) is 0 Å². The Bertz CT molecular complexity index is 991. The maximum Gasteiger partial charge on any atom is 0.411 e. The third-order valence-corrected chi connectivity index (χ3v) is 6.21. The maximum absolute atomic E-state index is 13.3. The van der Waals surface area contributed by atoms with E-state index in [-0.39, 0.29) is 37.2 Å². The van der Waals surface area contributed by atoms with Crippen LogP contribution >= 0.6 is 0 Å². The molecular weight excluding hydrogens is 482 g/mol. The molecule has 3 saturated heterocycles. The molecule has 3 aliphatic rings. The predicted molar refractivity (Wildman–Crippen MR) is 134 cm³/mol. The molecule has 4 rings (SSSR count). The molecular formula is C26H37N3O8. The second kappa shape index (κ2) is 10.9. The summed E-state index contributed by atoms with van der Waals surface area (Å²) in [6, 6.07) is 6.25. The minimum absolute atomic E-state index is 0.0571. The molecule has 1 unspecified atom stereocenters. The third-order valence-electron chi connectivity index (χ3n) is 6.21. The lowest BCUT2D eigenvalue weighted by Crippen LogP contribution is -2.45. The van der Waals surface area contributed by atoms with E-state index in [0.29, 0.717) is 38.5 Å². The van der Waals surface area contributed by atoms with Gasteiger partial charge in [0.15, 0.2) is 5.79 Å². The highest BCUT2D eigenvalue weighted by Crippen LogP contribution is 2.27. The summed E-state index contributed by atoms with van der Waals surface area (Å²) in [5.74, 6) is -1.10. The summed E-state index contributed by atoms with van der Waals surface area (Å²) >= 11 is 0. The molecule has 1 N–H and O–H groups in total. The van der Waals surface area contributed by atoms with Crippen molar-refractivity contribution in [3.05, 3.63) is 24.3 Å². The standard InChI is InChI=1S/C26H37N3O8/c1-25(2,3)37-24(32)29-13-19(34-14-20-15-35-26(4,5)36-20)12-21(29)23(31)27-17-6-8-18(9-7-17)28-10-11-33-16-22(28)30/h6-9,19-21H,10-16H2,1-5H3,(H,27,31)/t19-,20?,21-/m1/s1. The Morgan fingerprint density at radius 3 is 2.54 bits per heavy atom. The van der Waals surface area contributed by atoms with Crippen molar-refractivity contribution in [2.24, 2.45) is 0 Å². The van der Waals surface area contributed by atoms with E-state index in [0.717, 1.165) is 5.69 Å². The van der Waals surface area contributed by atoms with E-state index in [1.54, 1.807) is 49.9 Å². The van der Waals surface area contributed by atoms with Crippen molar-refractivity contribution in [2.45, 2.75) is 70.7 Å². The number of hydrogen-bond donors (Lipinski definition) is 1. The number of ether oxygens (including phenoxy) is 5. The molecule has 0 saturated carbocycles. The average Bonchev–Trinajstić information content (AvgIpc) is 3.40. The number of rotatable bonds is 6. The molecule has 1 aromatic carbocycles. The molecule has 0 radical (unpaired) electrons. The fourth-order valence-electron chi connectivity index (χ4n) is 4.52. The maximum atomic E-state index is 13.3. The third kappa shape index (κ3) is 7.19. The van der Waals surface area contributed by atoms with E-state index < -0.39 is 23.5 Å². The summed E-state index contributed by atoms with van der Waals surface area (Å²) in [6.45, 7) is 11.0. The van der Waals surface area contributed by atoms with Gasteiger partial charge in [-0.3, -0.25) is 14.5 Å². The molecule has 11 nitrogen and oxygen atoms in total. The summed E-state index contributed by atoms with van der Waals surface area (Å²) < 4.78 is 28.1. The fourth-order valence-corrected chi connectivity index (χ4v) is 4.52. The molecule has 0 spiro atoms. The van der Waals surface area contributed by atoms with Crippen molar-refractivity contribution in [3.63, 3.8) is 0 Å². The van der Waals surface area contributed by atoms with Gasteiger partial charge in [-0.1, -0.05) is 0 Å². The van der Waals surface area contributed by atoms with Crippen LogP contribution in [0.2, 0.25) is 0 Å². The molecule has 0 aliphatic carbocycles. The van der Waals surface area contributed by atoms with Crippen molar-refractivity contribution in [1.82, 2.24) is 4.90 Å². The van der Waals surface area contributed by atoms with Crippen LogP contribution in [-0.4, -0.2) is 92.0 Å². The van der Waals surface area contributed by atoms with E-state index in [1.807, 2.05) is 13.8 Å². The van der Waals surface area contributed by atoms with Gasteiger partial charge in [0, 0.05) is 24.3 Å². The van der Waals surface area contributed by atoms with Crippen molar-refractivity contribution in [1.29, 1.82) is 0 Å². The lowest BCUT2D eigenvalue weighted by molar-refractivity contribution is -0.147. The van der Waals surface area contributed by atoms with E-state index in [1.165, 1.54) is 4.90 Å². The van der Waals surface area contributed by atoms with Crippen LogP contribution in [0.25, 0.3) is 0 Å². The summed E-state index contributed by atoms with van der Waals surface area (Å²) in [5, 5.41) is 2.88. The Kier molecular flexibility index (Phi) is 8.08. The summed E-state index contributed by atoms with van der Waals surface area (Å²) in [6.07, 6.45) is -0.816. The zero-order chi connectivity index (χ0) is 26.8. The van der Waals surface area contributed by atoms with Gasteiger partial charge >= 0.3 is 6.09 Å². The molecule has 3 fully saturated rings. The first-order valence-electron chi connectivity index (χ1n) is 12.6. The first kappa shape index (κ1) is 27.3. The van der Waals surface area contributed by atoms with Gasteiger partial charge in [0.05, 0.1) is 32.5 Å². The fraction of sp³-hybridized carbons (Fsp3) is 0.654. The Balaban J connectivity index is 1.40. The van der Waals surface area contributed by atoms with Crippen LogP contribution in [0.15, 0.2) is 24.3 Å². The zero-order valence-corrected chi connectivity index (χ0v) is 22.2. The van der Waals surface area contributed by atoms with Gasteiger partial charge in [0.2, 0.25) is 5.91 Å². The Hall–Kier alpha value is -2.73. The van der Waals surface area contributed by atoms with Crippen LogP contribution < -0.4 is 10.2 Å². The molecule has 204 valence electrons. The topological polar surface area (TPSA) is 116 Å². The number of carbonyl (C=O) groups excluding carboxylic acids is 3. The first-order valence-corrected chi connectivity index (χ1v) is 12.6. The zero-order valence-electron chi connectivity index (χ0n) is 22.2. The highest BCUT2D eigenvalue weighted by molar-refractivity contribution is 5.98. The van der Waals surface area contributed by atoms with Gasteiger partial charge in [-0.05, 0) is 58.9 Å². The Morgan fingerprint density at radius 1 is 1.19 bits per heavy atom. The molecule has 3 heterocycles. The lowest BCUT2D eigenvalue weighted by Gasteiger charge is -2.28. The summed E-state index contributed by atoms with van der Waals surface area (Å²) in [7, 11) is 0. The van der Waals surface area contributed by atoms with Crippen LogP contribution in [0.1, 0.15) is 41.0 Å². The first-order chi connectivity index (χ1) is 17.4. The van der Waals surface area contributed by atoms with E-state index >= 15 is 0 Å². The van der Waals surface area contributed by atoms with Crippen molar-refractivity contribution in [2.75, 3.05) is 49.7 Å². The van der Waals surface area contributed by atoms with Gasteiger partial charge in [-0.2, -0.15) is 0 Å². The smallest absolute Gasteiger partial charge is 0.411 e. The minimum atomic E-state index is -0.766. The largest absolute Gasteiger partial charge is 0.444 e. The van der Waals surface area contributed by atoms with Crippen LogP contribution in [0.5, 0.6) is 0 Å². The quantitative estimate of drug-likeness (QED) is 0.610. The van der Waals surface area contributed by atoms with Gasteiger partial charge < -0.3 is 33.9 Å². The van der Waals surface area contributed by atoms with Gasteiger partial charge in [0.25, 0.3) is 5.91 Å². The van der Waals surface area contributed by atoms with E-state index in [9.17, 15) is 14.4 Å². The second-order valence-electron chi connectivity index (χ2n) is 10.9. The van der Waals surface area contributed by atoms with E-state index in [2.05, 4.69) is 5.32 Å². The number of carbonyl (C=O) groups is 3. The number of amides is 3. The number of hydrogen-bond acceptors (Lipinski definition) is 8. The van der Waals surface area contributed by atoms with Crippen LogP contribution in [0.4, 0.5) is 16.2 Å². The molecule has 0 aromatic heterocycles. The molecule has 0 bridgehead atoms. The Labute approximate surface area is 217 Å². The molecule has 1 aromatic rings. The number of morpholine rings is 1. The molecule has 3 amide bonds. The molecule has 37 heavy (non-hydrogen) atoms. The second-order valence-corrected chi connectivity index (χ2v) is 10.9. The number of likely N-dealkylation sites (tertiary alicyclic amines) is 1. The predicted octanol–water partition coefficient (Wildman–Crippen LogP) is 2.53. The molecule has 3 atom stereocenters. The highest BCUT2D eigenvalue weighted by Gasteiger charge is 2.43.